The predicted molar refractivity (Wildman–Crippen MR) is 82.5 cm³/mol. The van der Waals surface area contributed by atoms with Crippen molar-refractivity contribution >= 4 is 23.0 Å². The summed E-state index contributed by atoms with van der Waals surface area (Å²) < 4.78 is 14.1. The first-order valence-electron chi connectivity index (χ1n) is 6.48. The number of rotatable bonds is 4. The second kappa shape index (κ2) is 6.66. The average Bonchev–Trinajstić information content (AvgIpc) is 2.45. The van der Waals surface area contributed by atoms with E-state index in [1.165, 1.54) is 6.07 Å². The molecule has 0 aromatic heterocycles. The van der Waals surface area contributed by atoms with Crippen LogP contribution in [0.3, 0.4) is 0 Å². The zero-order valence-corrected chi connectivity index (χ0v) is 11.9. The van der Waals surface area contributed by atoms with Gasteiger partial charge in [0, 0.05) is 28.9 Å². The molecule has 1 aromatic rings. The molecule has 0 spiro atoms. The topological polar surface area (TPSA) is 38.0 Å². The van der Waals surface area contributed by atoms with Gasteiger partial charge in [0.05, 0.1) is 0 Å². The van der Waals surface area contributed by atoms with E-state index in [2.05, 4.69) is 11.4 Å². The molecule has 4 heteroatoms. The highest BCUT2D eigenvalue weighted by molar-refractivity contribution is 7.99. The van der Waals surface area contributed by atoms with E-state index in [4.69, 9.17) is 5.73 Å². The SMILES string of the molecule is CC/C(N)=C/Nc1ccc(C2=CCSCC2)c(F)c1. The lowest BCUT2D eigenvalue weighted by Crippen LogP contribution is -2.01. The lowest BCUT2D eigenvalue weighted by Gasteiger charge is -2.14. The van der Waals surface area contributed by atoms with Gasteiger partial charge in [-0.15, -0.1) is 0 Å². The van der Waals surface area contributed by atoms with Crippen molar-refractivity contribution in [2.45, 2.75) is 19.8 Å². The van der Waals surface area contributed by atoms with Crippen molar-refractivity contribution in [2.75, 3.05) is 16.8 Å². The maximum atomic E-state index is 14.1. The van der Waals surface area contributed by atoms with Crippen LogP contribution < -0.4 is 11.1 Å². The van der Waals surface area contributed by atoms with E-state index in [-0.39, 0.29) is 5.82 Å². The maximum absolute atomic E-state index is 14.1. The molecule has 102 valence electrons. The Morgan fingerprint density at radius 2 is 2.37 bits per heavy atom. The Morgan fingerprint density at radius 3 is 3.00 bits per heavy atom. The molecular weight excluding hydrogens is 259 g/mol. The van der Waals surface area contributed by atoms with E-state index in [1.54, 1.807) is 6.20 Å². The van der Waals surface area contributed by atoms with Gasteiger partial charge in [-0.05, 0) is 42.4 Å². The van der Waals surface area contributed by atoms with Crippen molar-refractivity contribution in [3.63, 3.8) is 0 Å². The molecule has 0 atom stereocenters. The number of nitrogens with one attached hydrogen (secondary N) is 1. The summed E-state index contributed by atoms with van der Waals surface area (Å²) in [7, 11) is 0. The average molecular weight is 278 g/mol. The van der Waals surface area contributed by atoms with E-state index in [9.17, 15) is 4.39 Å². The quantitative estimate of drug-likeness (QED) is 0.875. The fourth-order valence-electron chi connectivity index (χ4n) is 1.92. The van der Waals surface area contributed by atoms with Crippen LogP contribution in [0.5, 0.6) is 0 Å². The van der Waals surface area contributed by atoms with Crippen molar-refractivity contribution in [1.82, 2.24) is 0 Å². The lowest BCUT2D eigenvalue weighted by molar-refractivity contribution is 0.624. The first-order valence-corrected chi connectivity index (χ1v) is 7.64. The smallest absolute Gasteiger partial charge is 0.132 e. The van der Waals surface area contributed by atoms with Crippen LogP contribution in [0, 0.1) is 5.82 Å². The molecule has 0 aliphatic carbocycles. The van der Waals surface area contributed by atoms with E-state index >= 15 is 0 Å². The Hall–Kier alpha value is -1.42. The number of anilines is 1. The Labute approximate surface area is 118 Å². The number of hydrogen-bond donors (Lipinski definition) is 2. The van der Waals surface area contributed by atoms with Crippen molar-refractivity contribution < 1.29 is 4.39 Å². The summed E-state index contributed by atoms with van der Waals surface area (Å²) in [6.07, 6.45) is 5.55. The minimum atomic E-state index is -0.174. The van der Waals surface area contributed by atoms with Gasteiger partial charge >= 0.3 is 0 Å². The highest BCUT2D eigenvalue weighted by Gasteiger charge is 2.11. The zero-order chi connectivity index (χ0) is 13.7. The number of halogens is 1. The molecule has 3 N–H and O–H groups in total. The largest absolute Gasteiger partial charge is 0.401 e. The summed E-state index contributed by atoms with van der Waals surface area (Å²) in [5, 5.41) is 3.02. The molecule has 1 aromatic carbocycles. The highest BCUT2D eigenvalue weighted by atomic mass is 32.2. The van der Waals surface area contributed by atoms with Crippen LogP contribution in [0.25, 0.3) is 5.57 Å². The van der Waals surface area contributed by atoms with Gasteiger partial charge in [0.1, 0.15) is 5.82 Å². The third-order valence-corrected chi connectivity index (χ3v) is 4.01. The molecule has 2 nitrogen and oxygen atoms in total. The summed E-state index contributed by atoms with van der Waals surface area (Å²) in [5.74, 6) is 1.87. The van der Waals surface area contributed by atoms with Gasteiger partial charge < -0.3 is 11.1 Å². The molecule has 1 heterocycles. The Bertz CT molecular complexity index is 509. The minimum Gasteiger partial charge on any atom is -0.401 e. The summed E-state index contributed by atoms with van der Waals surface area (Å²) in [4.78, 5) is 0. The van der Waals surface area contributed by atoms with Gasteiger partial charge in [-0.1, -0.05) is 13.0 Å². The number of thioether (sulfide) groups is 1. The standard InChI is InChI=1S/C15H19FN2S/c1-2-12(17)10-18-13-3-4-14(15(16)9-13)11-5-7-19-8-6-11/h3-5,9-10,18H,2,6-8,17H2,1H3/b12-10-. The van der Waals surface area contributed by atoms with Crippen LogP contribution in [-0.2, 0) is 0 Å². The lowest BCUT2D eigenvalue weighted by atomic mass is 10.0. The van der Waals surface area contributed by atoms with Crippen molar-refractivity contribution in [3.8, 4) is 0 Å². The number of nitrogens with two attached hydrogens (primary N) is 1. The van der Waals surface area contributed by atoms with Crippen molar-refractivity contribution in [2.24, 2.45) is 5.73 Å². The molecule has 0 unspecified atom stereocenters. The summed E-state index contributed by atoms with van der Waals surface area (Å²) in [5.41, 5.74) is 9.01. The first-order chi connectivity index (χ1) is 9.20. The molecule has 1 aliphatic rings. The maximum Gasteiger partial charge on any atom is 0.132 e. The monoisotopic (exact) mass is 278 g/mol. The predicted octanol–water partition coefficient (Wildman–Crippen LogP) is 3.97. The Morgan fingerprint density at radius 1 is 1.53 bits per heavy atom. The van der Waals surface area contributed by atoms with Crippen LogP contribution in [-0.4, -0.2) is 11.5 Å². The van der Waals surface area contributed by atoms with Crippen LogP contribution >= 0.6 is 11.8 Å². The molecule has 0 bridgehead atoms. The fraction of sp³-hybridized carbons (Fsp3) is 0.333. The third kappa shape index (κ3) is 3.77. The second-order valence-corrected chi connectivity index (χ2v) is 5.62. The van der Waals surface area contributed by atoms with Crippen LogP contribution in [0.15, 0.2) is 36.2 Å². The summed E-state index contributed by atoms with van der Waals surface area (Å²) in [6, 6.07) is 5.26. The number of hydrogen-bond acceptors (Lipinski definition) is 3. The molecule has 19 heavy (non-hydrogen) atoms. The van der Waals surface area contributed by atoms with Crippen LogP contribution in [0.4, 0.5) is 10.1 Å². The van der Waals surface area contributed by atoms with Gasteiger partial charge in [-0.3, -0.25) is 0 Å². The van der Waals surface area contributed by atoms with Gasteiger partial charge in [0.25, 0.3) is 0 Å². The molecule has 0 radical (unpaired) electrons. The molecule has 1 aliphatic heterocycles. The van der Waals surface area contributed by atoms with Crippen LogP contribution in [0.2, 0.25) is 0 Å². The first kappa shape index (κ1) is 14.0. The molecule has 2 rings (SSSR count). The molecule has 0 saturated heterocycles. The Balaban J connectivity index is 2.15. The summed E-state index contributed by atoms with van der Waals surface area (Å²) in [6.45, 7) is 1.98. The minimum absolute atomic E-state index is 0.174. The zero-order valence-electron chi connectivity index (χ0n) is 11.1. The van der Waals surface area contributed by atoms with Gasteiger partial charge in [-0.25, -0.2) is 4.39 Å². The third-order valence-electron chi connectivity index (χ3n) is 3.11. The van der Waals surface area contributed by atoms with Gasteiger partial charge in [0.15, 0.2) is 0 Å². The van der Waals surface area contributed by atoms with Crippen LogP contribution in [0.1, 0.15) is 25.3 Å². The second-order valence-electron chi connectivity index (χ2n) is 4.47. The van der Waals surface area contributed by atoms with E-state index < -0.39 is 0 Å². The van der Waals surface area contributed by atoms with Gasteiger partial charge in [-0.2, -0.15) is 11.8 Å². The molecule has 0 fully saturated rings. The van der Waals surface area contributed by atoms with Crippen molar-refractivity contribution in [1.29, 1.82) is 0 Å². The van der Waals surface area contributed by atoms with Crippen molar-refractivity contribution in [3.05, 3.63) is 47.6 Å². The molecular formula is C15H19FN2S. The normalized spacial score (nSPS) is 16.1. The van der Waals surface area contributed by atoms with E-state index in [1.807, 2.05) is 30.8 Å². The molecule has 0 amide bonds. The highest BCUT2D eigenvalue weighted by Crippen LogP contribution is 2.29. The molecule has 0 saturated carbocycles. The Kier molecular flexibility index (Phi) is 4.91. The summed E-state index contributed by atoms with van der Waals surface area (Å²) >= 11 is 1.88. The van der Waals surface area contributed by atoms with Gasteiger partial charge in [0.2, 0.25) is 0 Å². The number of allylic oxidation sites excluding steroid dienone is 2. The fourth-order valence-corrected chi connectivity index (χ4v) is 2.77. The van der Waals surface area contributed by atoms with E-state index in [0.717, 1.165) is 46.9 Å². The van der Waals surface area contributed by atoms with E-state index in [0.29, 0.717) is 0 Å². The number of benzene rings is 1.